The van der Waals surface area contributed by atoms with Crippen LogP contribution in [0, 0.1) is 0 Å². The average molecular weight is 573 g/mol. The number of anilines is 2. The maximum absolute atomic E-state index is 12.9. The highest BCUT2D eigenvalue weighted by Gasteiger charge is 2.26. The molecule has 4 rings (SSSR count). The molecule has 1 aliphatic heterocycles. The summed E-state index contributed by atoms with van der Waals surface area (Å²) >= 11 is 5.04. The summed E-state index contributed by atoms with van der Waals surface area (Å²) in [7, 11) is 1.64. The molecule has 1 aromatic heterocycles. The number of nitrogens with one attached hydrogen (secondary N) is 2. The van der Waals surface area contributed by atoms with Gasteiger partial charge in [0.2, 0.25) is 0 Å². The first-order valence-corrected chi connectivity index (χ1v) is 13.3. The molecule has 0 spiro atoms. The van der Waals surface area contributed by atoms with E-state index in [1.165, 1.54) is 11.3 Å². The Morgan fingerprint density at radius 3 is 2.50 bits per heavy atom. The lowest BCUT2D eigenvalue weighted by atomic mass is 10.2. The van der Waals surface area contributed by atoms with Gasteiger partial charge in [0.1, 0.15) is 11.4 Å². The summed E-state index contributed by atoms with van der Waals surface area (Å²) in [5.41, 5.74) is 2.24. The fourth-order valence-electron chi connectivity index (χ4n) is 3.94. The van der Waals surface area contributed by atoms with Gasteiger partial charge in [-0.05, 0) is 103 Å². The SMILES string of the molecule is COc1ccc(-c2ccc(C(=O)Nc3ccc(N4CCC(NC(=O)OC(C)(C)C)C4)cc3Br)s2)cc1. The van der Waals surface area contributed by atoms with E-state index < -0.39 is 11.7 Å². The summed E-state index contributed by atoms with van der Waals surface area (Å²) in [6.45, 7) is 7.07. The Bertz CT molecular complexity index is 1240. The molecular weight excluding hydrogens is 542 g/mol. The molecule has 0 radical (unpaired) electrons. The molecule has 0 bridgehead atoms. The van der Waals surface area contributed by atoms with Gasteiger partial charge in [-0.25, -0.2) is 4.79 Å². The van der Waals surface area contributed by atoms with Gasteiger partial charge in [-0.1, -0.05) is 0 Å². The Labute approximate surface area is 223 Å². The van der Waals surface area contributed by atoms with Crippen LogP contribution in [0.2, 0.25) is 0 Å². The van der Waals surface area contributed by atoms with Gasteiger partial charge in [0.25, 0.3) is 5.91 Å². The molecule has 2 amide bonds. The van der Waals surface area contributed by atoms with Crippen molar-refractivity contribution < 1.29 is 19.1 Å². The third kappa shape index (κ3) is 6.59. The summed E-state index contributed by atoms with van der Waals surface area (Å²) in [6, 6.07) is 17.4. The number of hydrogen-bond acceptors (Lipinski definition) is 6. The monoisotopic (exact) mass is 571 g/mol. The van der Waals surface area contributed by atoms with Crippen LogP contribution in [0.25, 0.3) is 10.4 Å². The van der Waals surface area contributed by atoms with Crippen LogP contribution in [0.3, 0.4) is 0 Å². The molecule has 7 nitrogen and oxygen atoms in total. The number of amides is 2. The van der Waals surface area contributed by atoms with Gasteiger partial charge in [-0.2, -0.15) is 0 Å². The molecule has 3 aromatic rings. The number of thiophene rings is 1. The zero-order chi connectivity index (χ0) is 25.9. The quantitative estimate of drug-likeness (QED) is 0.351. The molecule has 1 saturated heterocycles. The summed E-state index contributed by atoms with van der Waals surface area (Å²) in [5.74, 6) is 0.640. The number of carbonyl (C=O) groups is 2. The van der Waals surface area contributed by atoms with Gasteiger partial charge in [0.15, 0.2) is 0 Å². The molecule has 9 heteroatoms. The van der Waals surface area contributed by atoms with E-state index in [4.69, 9.17) is 9.47 Å². The van der Waals surface area contributed by atoms with E-state index in [0.29, 0.717) is 17.1 Å². The predicted molar refractivity (Wildman–Crippen MR) is 148 cm³/mol. The van der Waals surface area contributed by atoms with Crippen LogP contribution in [0.1, 0.15) is 36.9 Å². The molecule has 2 heterocycles. The highest BCUT2D eigenvalue weighted by atomic mass is 79.9. The first-order chi connectivity index (χ1) is 17.1. The maximum atomic E-state index is 12.9. The number of alkyl carbamates (subject to hydrolysis) is 1. The van der Waals surface area contributed by atoms with Crippen molar-refractivity contribution in [2.75, 3.05) is 30.4 Å². The average Bonchev–Trinajstić information content (AvgIpc) is 3.49. The molecule has 2 N–H and O–H groups in total. The lowest BCUT2D eigenvalue weighted by Crippen LogP contribution is -2.40. The highest BCUT2D eigenvalue weighted by molar-refractivity contribution is 9.10. The van der Waals surface area contributed by atoms with E-state index in [1.54, 1.807) is 7.11 Å². The lowest BCUT2D eigenvalue weighted by Gasteiger charge is -2.23. The summed E-state index contributed by atoms with van der Waals surface area (Å²) < 4.78 is 11.4. The van der Waals surface area contributed by atoms with Crippen LogP contribution in [-0.2, 0) is 4.74 Å². The fraction of sp³-hybridized carbons (Fsp3) is 0.333. The zero-order valence-electron chi connectivity index (χ0n) is 20.8. The maximum Gasteiger partial charge on any atom is 0.407 e. The third-order valence-corrected chi connectivity index (χ3v) is 7.47. The first-order valence-electron chi connectivity index (χ1n) is 11.7. The van der Waals surface area contributed by atoms with Crippen molar-refractivity contribution in [3.63, 3.8) is 0 Å². The van der Waals surface area contributed by atoms with E-state index >= 15 is 0 Å². The number of methoxy groups -OCH3 is 1. The van der Waals surface area contributed by atoms with Crippen LogP contribution in [0.4, 0.5) is 16.2 Å². The van der Waals surface area contributed by atoms with Crippen LogP contribution in [0.5, 0.6) is 5.75 Å². The van der Waals surface area contributed by atoms with Gasteiger partial charge in [-0.15, -0.1) is 11.3 Å². The number of rotatable bonds is 6. The van der Waals surface area contributed by atoms with Crippen molar-refractivity contribution in [1.82, 2.24) is 5.32 Å². The van der Waals surface area contributed by atoms with Crippen molar-refractivity contribution in [1.29, 1.82) is 0 Å². The number of halogens is 1. The van der Waals surface area contributed by atoms with Crippen LogP contribution >= 0.6 is 27.3 Å². The Balaban J connectivity index is 1.36. The zero-order valence-corrected chi connectivity index (χ0v) is 23.2. The molecule has 1 fully saturated rings. The Hall–Kier alpha value is -3.04. The highest BCUT2D eigenvalue weighted by Crippen LogP contribution is 2.32. The van der Waals surface area contributed by atoms with Gasteiger partial charge in [-0.3, -0.25) is 4.79 Å². The van der Waals surface area contributed by atoms with Gasteiger partial charge < -0.3 is 25.0 Å². The molecule has 2 aromatic carbocycles. The van der Waals surface area contributed by atoms with E-state index in [0.717, 1.165) is 39.3 Å². The van der Waals surface area contributed by atoms with Gasteiger partial charge in [0.05, 0.1) is 23.7 Å². The summed E-state index contributed by atoms with van der Waals surface area (Å²) in [4.78, 5) is 28.8. The Kier molecular flexibility index (Phi) is 7.90. The number of carbonyl (C=O) groups excluding carboxylic acids is 2. The first kappa shape index (κ1) is 26.0. The predicted octanol–water partition coefficient (Wildman–Crippen LogP) is 6.54. The smallest absolute Gasteiger partial charge is 0.407 e. The molecule has 1 aliphatic rings. The van der Waals surface area contributed by atoms with Crippen LogP contribution < -0.4 is 20.3 Å². The minimum atomic E-state index is -0.520. The lowest BCUT2D eigenvalue weighted by molar-refractivity contribution is 0.0509. The minimum absolute atomic E-state index is 0.0248. The van der Waals surface area contributed by atoms with Gasteiger partial charge in [0, 0.05) is 28.1 Å². The number of hydrogen-bond donors (Lipinski definition) is 2. The molecule has 1 unspecified atom stereocenters. The Morgan fingerprint density at radius 1 is 1.08 bits per heavy atom. The van der Waals surface area contributed by atoms with Crippen molar-refractivity contribution in [2.24, 2.45) is 0 Å². The number of ether oxygens (including phenoxy) is 2. The second kappa shape index (κ2) is 10.9. The number of nitrogens with zero attached hydrogens (tertiary/aromatic N) is 1. The molecule has 190 valence electrons. The van der Waals surface area contributed by atoms with E-state index in [9.17, 15) is 9.59 Å². The van der Waals surface area contributed by atoms with Crippen molar-refractivity contribution in [2.45, 2.75) is 38.8 Å². The fourth-order valence-corrected chi connectivity index (χ4v) is 5.32. The second-order valence-corrected chi connectivity index (χ2v) is 11.5. The summed E-state index contributed by atoms with van der Waals surface area (Å²) in [5, 5.41) is 5.94. The van der Waals surface area contributed by atoms with E-state index in [-0.39, 0.29) is 11.9 Å². The largest absolute Gasteiger partial charge is 0.497 e. The molecule has 0 aliphatic carbocycles. The van der Waals surface area contributed by atoms with Crippen molar-refractivity contribution in [3.8, 4) is 16.2 Å². The second-order valence-electron chi connectivity index (χ2n) is 9.59. The third-order valence-electron chi connectivity index (χ3n) is 5.68. The van der Waals surface area contributed by atoms with E-state index in [1.807, 2.05) is 75.4 Å². The normalized spacial score (nSPS) is 15.5. The van der Waals surface area contributed by atoms with Crippen LogP contribution in [-0.4, -0.2) is 43.8 Å². The van der Waals surface area contributed by atoms with E-state index in [2.05, 4.69) is 31.5 Å². The molecule has 36 heavy (non-hydrogen) atoms. The van der Waals surface area contributed by atoms with Crippen molar-refractivity contribution in [3.05, 3.63) is 63.9 Å². The van der Waals surface area contributed by atoms with Crippen LogP contribution in [0.15, 0.2) is 59.1 Å². The summed E-state index contributed by atoms with van der Waals surface area (Å²) in [6.07, 6.45) is 0.446. The minimum Gasteiger partial charge on any atom is -0.497 e. The molecular formula is C27H30BrN3O4S. The molecule has 1 atom stereocenters. The molecule has 0 saturated carbocycles. The number of benzene rings is 2. The standard InChI is InChI=1S/C27H30BrN3O4S/c1-27(2,3)35-26(33)29-18-13-14-31(16-18)19-7-10-22(21(28)15-19)30-25(32)24-12-11-23(36-24)17-5-8-20(34-4)9-6-17/h5-12,15,18H,13-14,16H2,1-4H3,(H,29,33)(H,30,32). The van der Waals surface area contributed by atoms with Gasteiger partial charge >= 0.3 is 6.09 Å². The topological polar surface area (TPSA) is 79.9 Å². The Morgan fingerprint density at radius 2 is 1.83 bits per heavy atom. The van der Waals surface area contributed by atoms with Crippen molar-refractivity contribution >= 4 is 50.6 Å².